The maximum Gasteiger partial charge on any atom is 0.263 e. The maximum absolute atomic E-state index is 12.8. The molecular weight excluding hydrogens is 478 g/mol. The molecule has 0 spiro atoms. The SMILES string of the molecule is Cc1cccc(OCC(=O)Nc2cc(-c3ccc(OCC(C)C)cc3)nn2C2CCS(=O)(=O)C2)c1C. The van der Waals surface area contributed by atoms with Gasteiger partial charge in [0.2, 0.25) is 0 Å². The number of nitrogens with zero attached hydrogens (tertiary/aromatic N) is 2. The van der Waals surface area contributed by atoms with E-state index in [1.165, 1.54) is 0 Å². The first-order valence-electron chi connectivity index (χ1n) is 12.1. The van der Waals surface area contributed by atoms with Crippen molar-refractivity contribution in [2.24, 2.45) is 5.92 Å². The van der Waals surface area contributed by atoms with Crippen LogP contribution in [0.4, 0.5) is 5.82 Å². The van der Waals surface area contributed by atoms with Crippen LogP contribution in [0, 0.1) is 19.8 Å². The Morgan fingerprint density at radius 1 is 1.14 bits per heavy atom. The van der Waals surface area contributed by atoms with Crippen LogP contribution in [-0.2, 0) is 14.6 Å². The number of benzene rings is 2. The van der Waals surface area contributed by atoms with Crippen molar-refractivity contribution in [2.45, 2.75) is 40.2 Å². The summed E-state index contributed by atoms with van der Waals surface area (Å²) in [6.07, 6.45) is 0.452. The molecule has 1 N–H and O–H groups in total. The van der Waals surface area contributed by atoms with Gasteiger partial charge in [-0.3, -0.25) is 4.79 Å². The molecule has 1 aromatic heterocycles. The molecule has 2 heterocycles. The molecule has 4 rings (SSSR count). The fraction of sp³-hybridized carbons (Fsp3) is 0.407. The summed E-state index contributed by atoms with van der Waals surface area (Å²) in [6, 6.07) is 14.7. The molecule has 1 saturated heterocycles. The Kier molecular flexibility index (Phi) is 7.68. The van der Waals surface area contributed by atoms with Crippen LogP contribution in [0.25, 0.3) is 11.3 Å². The maximum atomic E-state index is 12.8. The molecule has 0 bridgehead atoms. The Morgan fingerprint density at radius 3 is 2.56 bits per heavy atom. The fourth-order valence-corrected chi connectivity index (χ4v) is 5.76. The van der Waals surface area contributed by atoms with E-state index in [4.69, 9.17) is 9.47 Å². The number of amides is 1. The normalized spacial score (nSPS) is 16.8. The summed E-state index contributed by atoms with van der Waals surface area (Å²) >= 11 is 0. The third-order valence-electron chi connectivity index (χ3n) is 6.20. The molecular formula is C27H33N3O5S. The number of nitrogens with one attached hydrogen (secondary N) is 1. The van der Waals surface area contributed by atoms with Crippen molar-refractivity contribution in [1.29, 1.82) is 0 Å². The summed E-state index contributed by atoms with van der Waals surface area (Å²) in [6.45, 7) is 8.57. The van der Waals surface area contributed by atoms with Gasteiger partial charge in [0, 0.05) is 11.6 Å². The second-order valence-electron chi connectivity index (χ2n) is 9.68. The first kappa shape index (κ1) is 25.8. The number of aromatic nitrogens is 2. The molecule has 192 valence electrons. The zero-order valence-electron chi connectivity index (χ0n) is 21.2. The zero-order valence-corrected chi connectivity index (χ0v) is 22.0. The zero-order chi connectivity index (χ0) is 25.9. The van der Waals surface area contributed by atoms with Gasteiger partial charge in [0.1, 0.15) is 17.3 Å². The van der Waals surface area contributed by atoms with Gasteiger partial charge in [-0.15, -0.1) is 0 Å². The highest BCUT2D eigenvalue weighted by atomic mass is 32.2. The minimum Gasteiger partial charge on any atom is -0.493 e. The summed E-state index contributed by atoms with van der Waals surface area (Å²) in [5.41, 5.74) is 3.54. The fourth-order valence-electron chi connectivity index (χ4n) is 4.06. The van der Waals surface area contributed by atoms with Crippen molar-refractivity contribution >= 4 is 21.6 Å². The minimum absolute atomic E-state index is 0.00203. The monoisotopic (exact) mass is 511 g/mol. The Labute approximate surface area is 212 Å². The van der Waals surface area contributed by atoms with Crippen LogP contribution in [0.1, 0.15) is 37.4 Å². The standard InChI is InChI=1S/C27H33N3O5S/c1-18(2)15-34-23-10-8-21(9-11-23)24-14-26(30(29-24)22-12-13-36(32,33)17-22)28-27(31)16-35-25-7-5-6-19(3)20(25)4/h5-11,14,18,22H,12-13,15-17H2,1-4H3,(H,28,31). The van der Waals surface area contributed by atoms with E-state index in [1.54, 1.807) is 10.7 Å². The van der Waals surface area contributed by atoms with Crippen molar-refractivity contribution in [3.05, 3.63) is 59.7 Å². The lowest BCUT2D eigenvalue weighted by Crippen LogP contribution is -2.24. The van der Waals surface area contributed by atoms with Crippen molar-refractivity contribution in [3.8, 4) is 22.8 Å². The first-order chi connectivity index (χ1) is 17.1. The third-order valence-corrected chi connectivity index (χ3v) is 7.95. The number of ether oxygens (including phenoxy) is 2. The van der Waals surface area contributed by atoms with Crippen LogP contribution in [0.15, 0.2) is 48.5 Å². The number of carbonyl (C=O) groups excluding carboxylic acids is 1. The van der Waals surface area contributed by atoms with Gasteiger partial charge in [-0.05, 0) is 67.6 Å². The van der Waals surface area contributed by atoms with E-state index in [1.807, 2.05) is 56.3 Å². The number of carbonyl (C=O) groups is 1. The average Bonchev–Trinajstić information content (AvgIpc) is 3.41. The van der Waals surface area contributed by atoms with E-state index in [-0.39, 0.29) is 30.1 Å². The molecule has 1 unspecified atom stereocenters. The summed E-state index contributed by atoms with van der Waals surface area (Å²) in [5.74, 6) is 2.05. The summed E-state index contributed by atoms with van der Waals surface area (Å²) in [7, 11) is -3.13. The highest BCUT2D eigenvalue weighted by Crippen LogP contribution is 2.31. The molecule has 1 atom stereocenters. The molecule has 9 heteroatoms. The molecule has 1 amide bonds. The topological polar surface area (TPSA) is 99.5 Å². The van der Waals surface area contributed by atoms with Gasteiger partial charge in [0.25, 0.3) is 5.91 Å². The van der Waals surface area contributed by atoms with Crippen molar-refractivity contribution in [1.82, 2.24) is 9.78 Å². The molecule has 1 aliphatic heterocycles. The van der Waals surface area contributed by atoms with Crippen molar-refractivity contribution in [3.63, 3.8) is 0 Å². The Bertz CT molecular complexity index is 1330. The Morgan fingerprint density at radius 2 is 1.89 bits per heavy atom. The number of aryl methyl sites for hydroxylation is 1. The number of hydrogen-bond acceptors (Lipinski definition) is 6. The number of hydrogen-bond donors (Lipinski definition) is 1. The van der Waals surface area contributed by atoms with Crippen LogP contribution in [-0.4, -0.2) is 48.8 Å². The van der Waals surface area contributed by atoms with E-state index < -0.39 is 9.84 Å². The van der Waals surface area contributed by atoms with Crippen molar-refractivity contribution in [2.75, 3.05) is 30.0 Å². The lowest BCUT2D eigenvalue weighted by atomic mass is 10.1. The Hall–Kier alpha value is -3.33. The molecule has 36 heavy (non-hydrogen) atoms. The van der Waals surface area contributed by atoms with Crippen molar-refractivity contribution < 1.29 is 22.7 Å². The summed E-state index contributed by atoms with van der Waals surface area (Å²) < 4.78 is 37.4. The molecule has 2 aromatic carbocycles. The van der Waals surface area contributed by atoms with E-state index in [9.17, 15) is 13.2 Å². The molecule has 3 aromatic rings. The minimum atomic E-state index is -3.13. The van der Waals surface area contributed by atoms with E-state index in [0.29, 0.717) is 36.2 Å². The summed E-state index contributed by atoms with van der Waals surface area (Å²) in [4.78, 5) is 12.8. The number of sulfone groups is 1. The molecule has 1 aliphatic rings. The highest BCUT2D eigenvalue weighted by molar-refractivity contribution is 7.91. The average molecular weight is 512 g/mol. The van der Waals surface area contributed by atoms with Crippen LogP contribution in [0.5, 0.6) is 11.5 Å². The van der Waals surface area contributed by atoms with Gasteiger partial charge in [0.15, 0.2) is 16.4 Å². The summed E-state index contributed by atoms with van der Waals surface area (Å²) in [5, 5.41) is 7.56. The van der Waals surface area contributed by atoms with Gasteiger partial charge >= 0.3 is 0 Å². The lowest BCUT2D eigenvalue weighted by molar-refractivity contribution is -0.118. The second-order valence-corrected chi connectivity index (χ2v) is 11.9. The van der Waals surface area contributed by atoms with Crippen LogP contribution >= 0.6 is 0 Å². The van der Waals surface area contributed by atoms with E-state index in [0.717, 1.165) is 22.4 Å². The van der Waals surface area contributed by atoms with Gasteiger partial charge < -0.3 is 14.8 Å². The third kappa shape index (κ3) is 6.26. The number of rotatable bonds is 9. The Balaban J connectivity index is 1.53. The molecule has 0 saturated carbocycles. The molecule has 8 nitrogen and oxygen atoms in total. The largest absolute Gasteiger partial charge is 0.493 e. The number of anilines is 1. The van der Waals surface area contributed by atoms with E-state index in [2.05, 4.69) is 24.3 Å². The van der Waals surface area contributed by atoms with E-state index >= 15 is 0 Å². The smallest absolute Gasteiger partial charge is 0.263 e. The quantitative estimate of drug-likeness (QED) is 0.452. The first-order valence-corrected chi connectivity index (χ1v) is 14.0. The van der Waals surface area contributed by atoms with Gasteiger partial charge in [-0.25, -0.2) is 13.1 Å². The highest BCUT2D eigenvalue weighted by Gasteiger charge is 2.32. The second kappa shape index (κ2) is 10.7. The predicted molar refractivity (Wildman–Crippen MR) is 140 cm³/mol. The lowest BCUT2D eigenvalue weighted by Gasteiger charge is -2.14. The van der Waals surface area contributed by atoms with Gasteiger partial charge in [-0.2, -0.15) is 5.10 Å². The molecule has 1 fully saturated rings. The predicted octanol–water partition coefficient (Wildman–Crippen LogP) is 4.58. The van der Waals surface area contributed by atoms with Crippen LogP contribution in [0.2, 0.25) is 0 Å². The molecule has 0 aliphatic carbocycles. The van der Waals surface area contributed by atoms with Gasteiger partial charge in [-0.1, -0.05) is 26.0 Å². The van der Waals surface area contributed by atoms with Crippen LogP contribution < -0.4 is 14.8 Å². The van der Waals surface area contributed by atoms with Gasteiger partial charge in [0.05, 0.1) is 29.8 Å². The van der Waals surface area contributed by atoms with Crippen LogP contribution in [0.3, 0.4) is 0 Å². The molecule has 0 radical (unpaired) electrons.